The molecule has 2 N–H and O–H groups in total. The molecule has 7 heteroatoms. The van der Waals surface area contributed by atoms with E-state index in [2.05, 4.69) is 29.0 Å². The fourth-order valence-corrected chi connectivity index (χ4v) is 5.20. The molecule has 200 valence electrons. The second-order valence-electron chi connectivity index (χ2n) is 10.2. The maximum Gasteiger partial charge on any atom is 0.204 e. The van der Waals surface area contributed by atoms with E-state index in [1.165, 1.54) is 83.4 Å². The Morgan fingerprint density at radius 1 is 0.946 bits per heavy atom. The number of rotatable bonds is 12. The van der Waals surface area contributed by atoms with Gasteiger partial charge in [-0.25, -0.2) is 0 Å². The van der Waals surface area contributed by atoms with Crippen LogP contribution in [-0.4, -0.2) is 66.9 Å². The van der Waals surface area contributed by atoms with Gasteiger partial charge >= 0.3 is 0 Å². The van der Waals surface area contributed by atoms with Crippen LogP contribution in [0.25, 0.3) is 22.3 Å². The molecule has 3 aromatic rings. The average molecular weight is 509 g/mol. The number of methoxy groups -OCH3 is 1. The molecule has 1 saturated heterocycles. The number of aryl methyl sites for hydroxylation is 1. The highest BCUT2D eigenvalue weighted by atomic mass is 16.5. The molecular formula is C30H40N2O5. The van der Waals surface area contributed by atoms with E-state index in [1.807, 2.05) is 12.1 Å². The summed E-state index contributed by atoms with van der Waals surface area (Å²) < 4.78 is 11.1. The van der Waals surface area contributed by atoms with Gasteiger partial charge in [0.25, 0.3) is 0 Å². The zero-order valence-corrected chi connectivity index (χ0v) is 22.2. The van der Waals surface area contributed by atoms with Gasteiger partial charge < -0.3 is 29.2 Å². The summed E-state index contributed by atoms with van der Waals surface area (Å²) in [5.74, 6) is -0.244. The molecule has 1 aromatic heterocycles. The molecule has 1 aliphatic rings. The second kappa shape index (κ2) is 13.0. The number of nitrogens with zero attached hydrogens (tertiary/aromatic N) is 2. The minimum absolute atomic E-state index is 0.0114. The van der Waals surface area contributed by atoms with E-state index in [9.17, 15) is 15.0 Å². The third kappa shape index (κ3) is 7.05. The minimum atomic E-state index is -0.396. The summed E-state index contributed by atoms with van der Waals surface area (Å²) in [6, 6.07) is 10.4. The molecule has 0 aliphatic carbocycles. The molecule has 0 amide bonds. The zero-order chi connectivity index (χ0) is 26.2. The van der Waals surface area contributed by atoms with Crippen LogP contribution in [0.4, 0.5) is 0 Å². The summed E-state index contributed by atoms with van der Waals surface area (Å²) in [4.78, 5) is 17.7. The van der Waals surface area contributed by atoms with Crippen molar-refractivity contribution in [2.75, 3.05) is 46.9 Å². The lowest BCUT2D eigenvalue weighted by atomic mass is 10.0. The van der Waals surface area contributed by atoms with Crippen molar-refractivity contribution in [2.24, 2.45) is 0 Å². The number of likely N-dealkylation sites (tertiary alicyclic amines) is 1. The van der Waals surface area contributed by atoms with E-state index >= 15 is 0 Å². The van der Waals surface area contributed by atoms with E-state index in [0.29, 0.717) is 5.76 Å². The van der Waals surface area contributed by atoms with Crippen molar-refractivity contribution in [3.8, 4) is 28.6 Å². The summed E-state index contributed by atoms with van der Waals surface area (Å²) >= 11 is 0. The lowest BCUT2D eigenvalue weighted by Gasteiger charge is -2.27. The van der Waals surface area contributed by atoms with Crippen LogP contribution in [0.2, 0.25) is 0 Å². The van der Waals surface area contributed by atoms with Gasteiger partial charge in [-0.3, -0.25) is 4.79 Å². The number of phenols is 2. The molecule has 2 aromatic carbocycles. The van der Waals surface area contributed by atoms with Gasteiger partial charge in [0, 0.05) is 17.7 Å². The van der Waals surface area contributed by atoms with E-state index in [1.54, 1.807) is 0 Å². The first-order valence-electron chi connectivity index (χ1n) is 13.5. The van der Waals surface area contributed by atoms with Crippen LogP contribution in [0, 0.1) is 0 Å². The van der Waals surface area contributed by atoms with Crippen molar-refractivity contribution in [1.82, 2.24) is 9.80 Å². The number of phenolic OH excluding ortho intramolecular Hbond substituents is 2. The summed E-state index contributed by atoms with van der Waals surface area (Å²) in [6.07, 6.45) is 9.95. The molecule has 1 aliphatic heterocycles. The number of piperidine rings is 1. The van der Waals surface area contributed by atoms with Crippen molar-refractivity contribution in [2.45, 2.75) is 51.4 Å². The largest absolute Gasteiger partial charge is 0.507 e. The molecule has 7 nitrogen and oxygen atoms in total. The Bertz CT molecular complexity index is 1220. The van der Waals surface area contributed by atoms with Crippen LogP contribution >= 0.6 is 0 Å². The molecule has 37 heavy (non-hydrogen) atoms. The van der Waals surface area contributed by atoms with Crippen molar-refractivity contribution < 1.29 is 19.4 Å². The number of hydrogen-bond donors (Lipinski definition) is 2. The van der Waals surface area contributed by atoms with Gasteiger partial charge in [0.15, 0.2) is 16.8 Å². The Labute approximate surface area is 219 Å². The monoisotopic (exact) mass is 508 g/mol. The fraction of sp³-hybridized carbons (Fsp3) is 0.500. The van der Waals surface area contributed by atoms with Gasteiger partial charge in [0.1, 0.15) is 16.9 Å². The van der Waals surface area contributed by atoms with Crippen LogP contribution in [0.1, 0.15) is 50.5 Å². The van der Waals surface area contributed by atoms with Crippen molar-refractivity contribution >= 4 is 11.0 Å². The molecule has 0 atom stereocenters. The van der Waals surface area contributed by atoms with Crippen LogP contribution in [0.15, 0.2) is 45.6 Å². The Kier molecular flexibility index (Phi) is 9.47. The second-order valence-corrected chi connectivity index (χ2v) is 10.2. The van der Waals surface area contributed by atoms with Gasteiger partial charge in [-0.15, -0.1) is 0 Å². The number of ether oxygens (including phenoxy) is 1. The van der Waals surface area contributed by atoms with Crippen molar-refractivity contribution in [3.05, 3.63) is 52.2 Å². The first-order chi connectivity index (χ1) is 18.0. The summed E-state index contributed by atoms with van der Waals surface area (Å²) in [7, 11) is 3.61. The van der Waals surface area contributed by atoms with E-state index in [0.717, 1.165) is 31.0 Å². The van der Waals surface area contributed by atoms with Crippen LogP contribution in [-0.2, 0) is 6.42 Å². The Morgan fingerprint density at radius 3 is 2.41 bits per heavy atom. The third-order valence-corrected chi connectivity index (χ3v) is 7.33. The maximum atomic E-state index is 12.7. The molecular weight excluding hydrogens is 468 g/mol. The van der Waals surface area contributed by atoms with E-state index < -0.39 is 5.43 Å². The fourth-order valence-electron chi connectivity index (χ4n) is 5.20. The number of fused-ring (bicyclic) bond motifs is 1. The molecule has 0 bridgehead atoms. The topological polar surface area (TPSA) is 86.4 Å². The highest BCUT2D eigenvalue weighted by Gasteiger charge is 2.19. The van der Waals surface area contributed by atoms with Gasteiger partial charge in [0.2, 0.25) is 5.75 Å². The first-order valence-corrected chi connectivity index (χ1v) is 13.5. The highest BCUT2D eigenvalue weighted by Crippen LogP contribution is 2.40. The molecule has 0 radical (unpaired) electrons. The molecule has 0 spiro atoms. The molecule has 1 fully saturated rings. The minimum Gasteiger partial charge on any atom is -0.507 e. The Balaban J connectivity index is 1.24. The lowest BCUT2D eigenvalue weighted by molar-refractivity contribution is 0.211. The van der Waals surface area contributed by atoms with Crippen LogP contribution < -0.4 is 10.2 Å². The Morgan fingerprint density at radius 2 is 1.68 bits per heavy atom. The molecule has 0 saturated carbocycles. The number of aromatic hydroxyl groups is 2. The standard InChI is InChI=1S/C30H40N2O5/c1-31(16-9-19-32-17-7-4-8-18-32)15-6-3-5-10-22-11-13-23(14-12-22)27-21-25(34)28-24(33)20-26(35)29(36-2)30(28)37-27/h11-14,20-21,33,35H,3-10,15-19H2,1-2H3. The normalized spacial score (nSPS) is 14.5. The maximum absolute atomic E-state index is 12.7. The number of benzene rings is 2. The van der Waals surface area contributed by atoms with Crippen LogP contribution in [0.3, 0.4) is 0 Å². The third-order valence-electron chi connectivity index (χ3n) is 7.33. The van der Waals surface area contributed by atoms with Gasteiger partial charge in [-0.1, -0.05) is 37.1 Å². The molecule has 4 rings (SSSR count). The summed E-state index contributed by atoms with van der Waals surface area (Å²) in [5, 5.41) is 20.2. The van der Waals surface area contributed by atoms with Gasteiger partial charge in [-0.05, 0) is 83.9 Å². The smallest absolute Gasteiger partial charge is 0.204 e. The van der Waals surface area contributed by atoms with Crippen molar-refractivity contribution in [3.63, 3.8) is 0 Å². The average Bonchev–Trinajstić information content (AvgIpc) is 2.89. The van der Waals surface area contributed by atoms with Crippen LogP contribution in [0.5, 0.6) is 17.2 Å². The zero-order valence-electron chi connectivity index (χ0n) is 22.2. The van der Waals surface area contributed by atoms with Crippen molar-refractivity contribution in [1.29, 1.82) is 0 Å². The van der Waals surface area contributed by atoms with Gasteiger partial charge in [-0.2, -0.15) is 0 Å². The van der Waals surface area contributed by atoms with Gasteiger partial charge in [0.05, 0.1) is 7.11 Å². The highest BCUT2D eigenvalue weighted by molar-refractivity contribution is 5.91. The number of hydrogen-bond acceptors (Lipinski definition) is 7. The predicted octanol–water partition coefficient (Wildman–Crippen LogP) is 5.40. The summed E-state index contributed by atoms with van der Waals surface area (Å²) in [5.41, 5.74) is 1.63. The van der Waals surface area contributed by atoms with E-state index in [-0.39, 0.29) is 28.2 Å². The molecule has 0 unspecified atom stereocenters. The lowest BCUT2D eigenvalue weighted by Crippen LogP contribution is -2.32. The summed E-state index contributed by atoms with van der Waals surface area (Å²) in [6.45, 7) is 6.13. The van der Waals surface area contributed by atoms with E-state index in [4.69, 9.17) is 9.15 Å². The quantitative estimate of drug-likeness (QED) is 0.317. The SMILES string of the molecule is COc1c(O)cc(O)c2c(=O)cc(-c3ccc(CCCCCN(C)CCCN4CCCCC4)cc3)oc12. The first kappa shape index (κ1) is 27.0. The number of unbranched alkanes of at least 4 members (excludes halogenated alkanes) is 2. The molecule has 2 heterocycles. The Hall–Kier alpha value is -3.03. The predicted molar refractivity (Wildman–Crippen MR) is 148 cm³/mol.